The van der Waals surface area contributed by atoms with Crippen molar-refractivity contribution in [3.05, 3.63) is 102 Å². The Kier molecular flexibility index (Phi) is 6.61. The van der Waals surface area contributed by atoms with Gasteiger partial charge in [0.25, 0.3) is 5.91 Å². The summed E-state index contributed by atoms with van der Waals surface area (Å²) in [6.07, 6.45) is 14.6. The van der Waals surface area contributed by atoms with Crippen LogP contribution in [0.3, 0.4) is 0 Å². The zero-order valence-electron chi connectivity index (χ0n) is 19.0. The minimum atomic E-state index is -0.139. The van der Waals surface area contributed by atoms with Gasteiger partial charge in [0.05, 0.1) is 25.0 Å². The van der Waals surface area contributed by atoms with E-state index in [1.165, 1.54) is 0 Å². The lowest BCUT2D eigenvalue weighted by Crippen LogP contribution is -2.30. The summed E-state index contributed by atoms with van der Waals surface area (Å²) < 4.78 is 7.72. The van der Waals surface area contributed by atoms with Gasteiger partial charge in [0.2, 0.25) is 0 Å². The van der Waals surface area contributed by atoms with Crippen LogP contribution >= 0.6 is 0 Å². The highest BCUT2D eigenvalue weighted by atomic mass is 16.5. The summed E-state index contributed by atoms with van der Waals surface area (Å²) in [6.45, 7) is 1.50. The molecule has 34 heavy (non-hydrogen) atoms. The Morgan fingerprint density at radius 3 is 2.85 bits per heavy atom. The molecule has 0 bridgehead atoms. The third kappa shape index (κ3) is 5.14. The molecule has 0 unspecified atom stereocenters. The molecule has 5 rings (SSSR count). The first kappa shape index (κ1) is 21.8. The van der Waals surface area contributed by atoms with Crippen LogP contribution < -0.4 is 4.74 Å². The van der Waals surface area contributed by atoms with Gasteiger partial charge in [-0.2, -0.15) is 5.10 Å². The van der Waals surface area contributed by atoms with E-state index >= 15 is 0 Å². The fourth-order valence-electron chi connectivity index (χ4n) is 4.21. The monoisotopic (exact) mass is 453 g/mol. The molecule has 0 radical (unpaired) electrons. The highest BCUT2D eigenvalue weighted by molar-refractivity contribution is 5.99. The van der Waals surface area contributed by atoms with Crippen molar-refractivity contribution in [2.75, 3.05) is 6.61 Å². The maximum absolute atomic E-state index is 13.6. The number of ether oxygens (including phenoxy) is 1. The zero-order valence-corrected chi connectivity index (χ0v) is 19.0. The van der Waals surface area contributed by atoms with Crippen LogP contribution in [0.4, 0.5) is 0 Å². The molecule has 1 aliphatic carbocycles. The maximum Gasteiger partial charge on any atom is 0.259 e. The van der Waals surface area contributed by atoms with E-state index in [9.17, 15) is 4.79 Å². The molecule has 172 valence electrons. The lowest BCUT2D eigenvalue weighted by molar-refractivity contribution is 0.0729. The number of rotatable bonds is 8. The Hall–Kier alpha value is -4.00. The van der Waals surface area contributed by atoms with Crippen LogP contribution in [-0.4, -0.2) is 37.0 Å². The molecular weight excluding hydrogens is 426 g/mol. The van der Waals surface area contributed by atoms with Crippen molar-refractivity contribution < 1.29 is 9.53 Å². The predicted octanol–water partition coefficient (Wildman–Crippen LogP) is 4.70. The van der Waals surface area contributed by atoms with Crippen molar-refractivity contribution in [1.82, 2.24) is 24.5 Å². The number of benzene rings is 1. The van der Waals surface area contributed by atoms with Crippen LogP contribution in [0.25, 0.3) is 5.65 Å². The molecule has 0 saturated carbocycles. The Balaban J connectivity index is 1.36. The second-order valence-corrected chi connectivity index (χ2v) is 8.54. The SMILES string of the molecule is O=C(c1cnn2cccnc12)N(Cc1cccc(OC[C@@H]2CC=CCC2)c1)Cc1ccccn1. The van der Waals surface area contributed by atoms with Gasteiger partial charge in [-0.1, -0.05) is 30.4 Å². The third-order valence-corrected chi connectivity index (χ3v) is 6.01. The summed E-state index contributed by atoms with van der Waals surface area (Å²) in [7, 11) is 0. The van der Waals surface area contributed by atoms with E-state index in [4.69, 9.17) is 4.74 Å². The normalized spacial score (nSPS) is 15.4. The van der Waals surface area contributed by atoms with Gasteiger partial charge in [0.1, 0.15) is 11.3 Å². The van der Waals surface area contributed by atoms with Crippen molar-refractivity contribution in [3.63, 3.8) is 0 Å². The standard InChI is InChI=1S/C27H27N5O2/c33-27(25-17-30-32-15-7-14-29-26(25)32)31(19-23-11-4-5-13-28-23)18-22-10-6-12-24(16-22)34-20-21-8-2-1-3-9-21/h1-2,4-7,10-17,21H,3,8-9,18-20H2/t21-/m1/s1. The minimum Gasteiger partial charge on any atom is -0.493 e. The van der Waals surface area contributed by atoms with Crippen LogP contribution in [0.5, 0.6) is 5.75 Å². The van der Waals surface area contributed by atoms with Gasteiger partial charge in [-0.15, -0.1) is 0 Å². The van der Waals surface area contributed by atoms with Crippen molar-refractivity contribution in [1.29, 1.82) is 0 Å². The molecule has 0 aliphatic heterocycles. The van der Waals surface area contributed by atoms with Gasteiger partial charge in [-0.3, -0.25) is 9.78 Å². The van der Waals surface area contributed by atoms with Crippen molar-refractivity contribution in [2.45, 2.75) is 32.4 Å². The molecule has 1 aromatic carbocycles. The summed E-state index contributed by atoms with van der Waals surface area (Å²) in [4.78, 5) is 24.2. The average molecular weight is 454 g/mol. The number of pyridine rings is 1. The van der Waals surface area contributed by atoms with Gasteiger partial charge in [0, 0.05) is 25.1 Å². The molecule has 0 N–H and O–H groups in total. The number of aromatic nitrogens is 4. The Bertz CT molecular complexity index is 1280. The number of carbonyl (C=O) groups excluding carboxylic acids is 1. The summed E-state index contributed by atoms with van der Waals surface area (Å²) in [5.74, 6) is 1.24. The number of amides is 1. The Labute approximate surface area is 198 Å². The zero-order chi connectivity index (χ0) is 23.2. The molecule has 1 aliphatic rings. The molecule has 3 heterocycles. The second-order valence-electron chi connectivity index (χ2n) is 8.54. The quantitative estimate of drug-likeness (QED) is 0.362. The van der Waals surface area contributed by atoms with Crippen molar-refractivity contribution in [3.8, 4) is 5.75 Å². The van der Waals surface area contributed by atoms with Crippen LogP contribution in [0.2, 0.25) is 0 Å². The summed E-state index contributed by atoms with van der Waals surface area (Å²) in [5, 5.41) is 4.29. The molecule has 4 aromatic rings. The number of carbonyl (C=O) groups is 1. The van der Waals surface area contributed by atoms with Crippen LogP contribution in [-0.2, 0) is 13.1 Å². The first-order chi connectivity index (χ1) is 16.8. The van der Waals surface area contributed by atoms with Gasteiger partial charge >= 0.3 is 0 Å². The van der Waals surface area contributed by atoms with E-state index in [0.717, 1.165) is 36.3 Å². The molecule has 7 nitrogen and oxygen atoms in total. The molecule has 0 saturated heterocycles. The number of hydrogen-bond acceptors (Lipinski definition) is 5. The predicted molar refractivity (Wildman–Crippen MR) is 129 cm³/mol. The topological polar surface area (TPSA) is 72.6 Å². The van der Waals surface area contributed by atoms with Crippen molar-refractivity contribution >= 4 is 11.6 Å². The van der Waals surface area contributed by atoms with Crippen LogP contribution in [0.15, 0.2) is 85.5 Å². The number of hydrogen-bond donors (Lipinski definition) is 0. The number of nitrogens with zero attached hydrogens (tertiary/aromatic N) is 5. The first-order valence-electron chi connectivity index (χ1n) is 11.6. The molecule has 0 spiro atoms. The van der Waals surface area contributed by atoms with Crippen LogP contribution in [0, 0.1) is 5.92 Å². The van der Waals surface area contributed by atoms with E-state index < -0.39 is 0 Å². The lowest BCUT2D eigenvalue weighted by Gasteiger charge is -2.23. The van der Waals surface area contributed by atoms with Gasteiger partial charge in [0.15, 0.2) is 5.65 Å². The van der Waals surface area contributed by atoms with Crippen molar-refractivity contribution in [2.24, 2.45) is 5.92 Å². The fraction of sp³-hybridized carbons (Fsp3) is 0.259. The van der Waals surface area contributed by atoms with Gasteiger partial charge in [-0.25, -0.2) is 9.50 Å². The van der Waals surface area contributed by atoms with Gasteiger partial charge in [-0.05, 0) is 61.1 Å². The molecule has 1 amide bonds. The van der Waals surface area contributed by atoms with Crippen LogP contribution in [0.1, 0.15) is 40.9 Å². The largest absolute Gasteiger partial charge is 0.493 e. The van der Waals surface area contributed by atoms with E-state index in [1.54, 1.807) is 40.3 Å². The Morgan fingerprint density at radius 2 is 2.00 bits per heavy atom. The van der Waals surface area contributed by atoms with E-state index in [1.807, 2.05) is 42.5 Å². The Morgan fingerprint density at radius 1 is 1.06 bits per heavy atom. The highest BCUT2D eigenvalue weighted by Crippen LogP contribution is 2.22. The van der Waals surface area contributed by atoms with E-state index in [0.29, 0.717) is 36.8 Å². The molecule has 7 heteroatoms. The smallest absolute Gasteiger partial charge is 0.259 e. The molecule has 3 aromatic heterocycles. The molecule has 1 atom stereocenters. The minimum absolute atomic E-state index is 0.139. The number of allylic oxidation sites excluding steroid dienone is 2. The first-order valence-corrected chi connectivity index (χ1v) is 11.6. The molecule has 0 fully saturated rings. The molecular formula is C27H27N5O2. The average Bonchev–Trinajstić information content (AvgIpc) is 3.32. The van der Waals surface area contributed by atoms with E-state index in [-0.39, 0.29) is 5.91 Å². The summed E-state index contributed by atoms with van der Waals surface area (Å²) in [6, 6.07) is 15.5. The summed E-state index contributed by atoms with van der Waals surface area (Å²) in [5.41, 5.74) is 2.82. The second kappa shape index (κ2) is 10.3. The number of fused-ring (bicyclic) bond motifs is 1. The van der Waals surface area contributed by atoms with E-state index in [2.05, 4.69) is 27.2 Å². The lowest BCUT2D eigenvalue weighted by atomic mass is 9.95. The third-order valence-electron chi connectivity index (χ3n) is 6.01. The fourth-order valence-corrected chi connectivity index (χ4v) is 4.21. The van der Waals surface area contributed by atoms with Gasteiger partial charge < -0.3 is 9.64 Å². The highest BCUT2D eigenvalue weighted by Gasteiger charge is 2.22. The summed E-state index contributed by atoms with van der Waals surface area (Å²) >= 11 is 0. The maximum atomic E-state index is 13.6.